The van der Waals surface area contributed by atoms with E-state index in [-0.39, 0.29) is 17.3 Å². The summed E-state index contributed by atoms with van der Waals surface area (Å²) in [6.45, 7) is 11.6. The first-order valence-electron chi connectivity index (χ1n) is 16.9. The summed E-state index contributed by atoms with van der Waals surface area (Å²) >= 11 is 0. The molecule has 0 bridgehead atoms. The molecule has 2 heteroatoms. The Balaban J connectivity index is 1.18. The fourth-order valence-electron chi connectivity index (χ4n) is 8.50. The number of rotatable bonds is 5. The Morgan fingerprint density at radius 3 is 2.15 bits per heavy atom. The molecule has 1 aromatic heterocycles. The van der Waals surface area contributed by atoms with Crippen molar-refractivity contribution in [3.05, 3.63) is 191 Å². The van der Waals surface area contributed by atoms with Gasteiger partial charge < -0.3 is 9.32 Å². The molecule has 3 aliphatic rings. The van der Waals surface area contributed by atoms with Crippen LogP contribution >= 0.6 is 0 Å². The highest BCUT2D eigenvalue weighted by Crippen LogP contribution is 2.51. The molecule has 0 fully saturated rings. The van der Waals surface area contributed by atoms with E-state index in [1.165, 1.54) is 44.5 Å². The maximum Gasteiger partial charge on any atom is 0.135 e. The van der Waals surface area contributed by atoms with Crippen LogP contribution in [0.3, 0.4) is 0 Å². The predicted octanol–water partition coefficient (Wildman–Crippen LogP) is 12.2. The lowest BCUT2D eigenvalue weighted by Crippen LogP contribution is -2.25. The Labute approximate surface area is 282 Å². The third kappa shape index (κ3) is 4.26. The number of nitrogens with zero attached hydrogens (tertiary/aromatic N) is 1. The number of furan rings is 1. The van der Waals surface area contributed by atoms with Crippen LogP contribution in [-0.2, 0) is 5.41 Å². The third-order valence-electron chi connectivity index (χ3n) is 10.8. The van der Waals surface area contributed by atoms with Crippen LogP contribution in [0.25, 0.3) is 38.6 Å². The summed E-state index contributed by atoms with van der Waals surface area (Å²) in [4.78, 5) is 2.32. The second-order valence-electron chi connectivity index (χ2n) is 13.8. The minimum Gasteiger partial charge on any atom is -0.456 e. The fraction of sp³-hybridized carbons (Fsp3) is 0.130. The van der Waals surface area contributed by atoms with Crippen molar-refractivity contribution < 1.29 is 4.42 Å². The van der Waals surface area contributed by atoms with Crippen molar-refractivity contribution in [2.45, 2.75) is 38.0 Å². The standard InChI is InChI=1S/C46H37NO/c1-29(21-25-42-30(2)33-13-9-11-19-43(33)46(42,3)4)47(32-23-26-45-41(28-32)39-18-10-12-20-44(39)48-45)31-22-24-38-36-16-6-5-14-34(36)35-15-7-8-17-37(35)40(38)27-31/h5-28,38,40H,1H2,2-4H3/b25-21-. The van der Waals surface area contributed by atoms with Gasteiger partial charge in [-0.05, 0) is 87.9 Å². The maximum absolute atomic E-state index is 6.23. The average molecular weight is 620 g/mol. The van der Waals surface area contributed by atoms with E-state index in [2.05, 4.69) is 159 Å². The van der Waals surface area contributed by atoms with E-state index < -0.39 is 0 Å². The van der Waals surface area contributed by atoms with Gasteiger partial charge in [0.2, 0.25) is 0 Å². The van der Waals surface area contributed by atoms with Gasteiger partial charge in [-0.15, -0.1) is 0 Å². The highest BCUT2D eigenvalue weighted by Gasteiger charge is 2.35. The van der Waals surface area contributed by atoms with Crippen LogP contribution in [0.1, 0.15) is 54.9 Å². The first kappa shape index (κ1) is 28.6. The van der Waals surface area contributed by atoms with Gasteiger partial charge in [-0.1, -0.05) is 130 Å². The average Bonchev–Trinajstić information content (AvgIpc) is 3.58. The van der Waals surface area contributed by atoms with Crippen molar-refractivity contribution in [2.24, 2.45) is 0 Å². The van der Waals surface area contributed by atoms with Crippen LogP contribution in [-0.4, -0.2) is 0 Å². The zero-order chi connectivity index (χ0) is 32.6. The Hall–Kier alpha value is -5.60. The van der Waals surface area contributed by atoms with E-state index in [9.17, 15) is 0 Å². The predicted molar refractivity (Wildman–Crippen MR) is 201 cm³/mol. The van der Waals surface area contributed by atoms with Crippen molar-refractivity contribution >= 4 is 33.2 Å². The highest BCUT2D eigenvalue weighted by molar-refractivity contribution is 6.06. The van der Waals surface area contributed by atoms with Crippen LogP contribution in [0, 0.1) is 0 Å². The molecule has 0 amide bonds. The molecule has 0 N–H and O–H groups in total. The second-order valence-corrected chi connectivity index (χ2v) is 13.8. The Kier molecular flexibility index (Phi) is 6.39. The molecule has 232 valence electrons. The number of benzene rings is 5. The van der Waals surface area contributed by atoms with Crippen LogP contribution in [0.2, 0.25) is 0 Å². The number of para-hydroxylation sites is 1. The lowest BCUT2D eigenvalue weighted by Gasteiger charge is -2.37. The van der Waals surface area contributed by atoms with Gasteiger partial charge in [0.25, 0.3) is 0 Å². The van der Waals surface area contributed by atoms with E-state index in [4.69, 9.17) is 11.0 Å². The molecule has 2 nitrogen and oxygen atoms in total. The quantitative estimate of drug-likeness (QED) is 0.179. The van der Waals surface area contributed by atoms with Crippen LogP contribution in [0.15, 0.2) is 174 Å². The van der Waals surface area contributed by atoms with Gasteiger partial charge in [0.05, 0.1) is 0 Å². The molecule has 6 aromatic rings. The molecule has 0 saturated heterocycles. The molecule has 2 unspecified atom stereocenters. The molecule has 0 saturated carbocycles. The fourth-order valence-corrected chi connectivity index (χ4v) is 8.50. The summed E-state index contributed by atoms with van der Waals surface area (Å²) in [7, 11) is 0. The molecule has 3 aliphatic carbocycles. The smallest absolute Gasteiger partial charge is 0.135 e. The lowest BCUT2D eigenvalue weighted by atomic mass is 9.69. The van der Waals surface area contributed by atoms with Gasteiger partial charge in [-0.2, -0.15) is 0 Å². The normalized spacial score (nSPS) is 18.9. The Morgan fingerprint density at radius 2 is 1.38 bits per heavy atom. The van der Waals surface area contributed by atoms with Gasteiger partial charge in [-0.3, -0.25) is 0 Å². The van der Waals surface area contributed by atoms with Crippen molar-refractivity contribution in [2.75, 3.05) is 4.90 Å². The zero-order valence-electron chi connectivity index (χ0n) is 27.6. The molecular weight excluding hydrogens is 583 g/mol. The van der Waals surface area contributed by atoms with E-state index >= 15 is 0 Å². The van der Waals surface area contributed by atoms with Crippen LogP contribution in [0.5, 0.6) is 0 Å². The van der Waals surface area contributed by atoms with E-state index in [1.807, 2.05) is 12.1 Å². The van der Waals surface area contributed by atoms with Crippen molar-refractivity contribution in [1.82, 2.24) is 0 Å². The van der Waals surface area contributed by atoms with E-state index in [0.29, 0.717) is 0 Å². The topological polar surface area (TPSA) is 16.4 Å². The Morgan fingerprint density at radius 1 is 0.729 bits per heavy atom. The molecule has 0 spiro atoms. The maximum atomic E-state index is 6.23. The Bertz CT molecular complexity index is 2430. The van der Waals surface area contributed by atoms with Gasteiger partial charge >= 0.3 is 0 Å². The van der Waals surface area contributed by atoms with Gasteiger partial charge in [0.15, 0.2) is 0 Å². The zero-order valence-corrected chi connectivity index (χ0v) is 27.6. The number of hydrogen-bond acceptors (Lipinski definition) is 2. The summed E-state index contributed by atoms with van der Waals surface area (Å²) < 4.78 is 6.23. The SMILES string of the molecule is C=C(/C=C\C1=C(C)c2ccccc2C1(C)C)N(C1=CC2c3ccccc3-c3ccccc3C2C=C1)c1ccc2oc3ccccc3c2c1. The number of anilines is 1. The van der Waals surface area contributed by atoms with Crippen molar-refractivity contribution in [3.8, 4) is 11.1 Å². The van der Waals surface area contributed by atoms with E-state index in [1.54, 1.807) is 0 Å². The first-order valence-corrected chi connectivity index (χ1v) is 16.9. The molecule has 5 aromatic carbocycles. The monoisotopic (exact) mass is 619 g/mol. The molecule has 0 aliphatic heterocycles. The second kappa shape index (κ2) is 10.7. The summed E-state index contributed by atoms with van der Waals surface area (Å²) in [5, 5.41) is 2.22. The van der Waals surface area contributed by atoms with Gasteiger partial charge in [0.1, 0.15) is 11.2 Å². The van der Waals surface area contributed by atoms with Gasteiger partial charge in [0, 0.05) is 45.1 Å². The molecule has 2 atom stereocenters. The molecular formula is C46H37NO. The number of hydrogen-bond donors (Lipinski definition) is 0. The van der Waals surface area contributed by atoms with Crippen LogP contribution < -0.4 is 4.90 Å². The molecule has 1 heterocycles. The van der Waals surface area contributed by atoms with Crippen molar-refractivity contribution in [1.29, 1.82) is 0 Å². The van der Waals surface area contributed by atoms with Crippen molar-refractivity contribution in [3.63, 3.8) is 0 Å². The third-order valence-corrected chi connectivity index (χ3v) is 10.8. The minimum absolute atomic E-state index is 0.0899. The summed E-state index contributed by atoms with van der Waals surface area (Å²) in [5.74, 6) is 0.485. The largest absolute Gasteiger partial charge is 0.456 e. The van der Waals surface area contributed by atoms with Crippen LogP contribution in [0.4, 0.5) is 5.69 Å². The minimum atomic E-state index is -0.0899. The number of fused-ring (bicyclic) bond motifs is 10. The molecule has 0 radical (unpaired) electrons. The highest BCUT2D eigenvalue weighted by atomic mass is 16.3. The first-order chi connectivity index (χ1) is 23.4. The molecule has 48 heavy (non-hydrogen) atoms. The summed E-state index contributed by atoms with van der Waals surface area (Å²) in [6.07, 6.45) is 11.6. The lowest BCUT2D eigenvalue weighted by molar-refractivity contribution is 0.654. The number of allylic oxidation sites excluding steroid dienone is 7. The summed E-state index contributed by atoms with van der Waals surface area (Å²) in [6, 6.07) is 41.4. The summed E-state index contributed by atoms with van der Waals surface area (Å²) in [5.41, 5.74) is 15.6. The van der Waals surface area contributed by atoms with E-state index in [0.717, 1.165) is 39.0 Å². The van der Waals surface area contributed by atoms with Gasteiger partial charge in [-0.25, -0.2) is 0 Å². The molecule has 9 rings (SSSR count).